The zero-order chi connectivity index (χ0) is 23.9. The second-order valence-electron chi connectivity index (χ2n) is 7.56. The third-order valence-corrected chi connectivity index (χ3v) is 6.06. The molecule has 0 fully saturated rings. The van der Waals surface area contributed by atoms with E-state index in [9.17, 15) is 4.79 Å². The Balaban J connectivity index is 1.21. The van der Waals surface area contributed by atoms with Crippen LogP contribution in [0.2, 0.25) is 0 Å². The lowest BCUT2D eigenvalue weighted by Gasteiger charge is -2.20. The van der Waals surface area contributed by atoms with Crippen molar-refractivity contribution in [3.63, 3.8) is 0 Å². The van der Waals surface area contributed by atoms with Gasteiger partial charge in [0.05, 0.1) is 18.8 Å². The van der Waals surface area contributed by atoms with Crippen LogP contribution in [0.4, 0.5) is 0 Å². The largest absolute Gasteiger partial charge is 0.491 e. The minimum atomic E-state index is -0.430. The number of nitrogens with one attached hydrogen (secondary N) is 1. The molecule has 0 radical (unpaired) electrons. The van der Waals surface area contributed by atoms with Gasteiger partial charge in [0.1, 0.15) is 29.8 Å². The van der Waals surface area contributed by atoms with Gasteiger partial charge in [-0.1, -0.05) is 36.8 Å². The number of hydrogen-bond acceptors (Lipinski definition) is 7. The van der Waals surface area contributed by atoms with Crippen LogP contribution in [0.3, 0.4) is 0 Å². The summed E-state index contributed by atoms with van der Waals surface area (Å²) in [6, 6.07) is 15.2. The van der Waals surface area contributed by atoms with Crippen LogP contribution in [0.5, 0.6) is 11.5 Å². The summed E-state index contributed by atoms with van der Waals surface area (Å²) >= 11 is 1.33. The number of fused-ring (bicyclic) bond motifs is 1. The molecule has 9 heteroatoms. The maximum atomic E-state index is 12.4. The van der Waals surface area contributed by atoms with Crippen molar-refractivity contribution < 1.29 is 19.0 Å². The molecule has 8 nitrogen and oxygen atoms in total. The fourth-order valence-corrected chi connectivity index (χ4v) is 4.00. The molecule has 0 aliphatic carbocycles. The number of hydrazone groups is 1. The molecule has 2 heterocycles. The van der Waals surface area contributed by atoms with Crippen molar-refractivity contribution in [1.29, 1.82) is 5.41 Å². The molecule has 176 valence electrons. The molecule has 2 aromatic carbocycles. The number of thioether (sulfide) groups is 1. The van der Waals surface area contributed by atoms with Crippen molar-refractivity contribution in [3.05, 3.63) is 65.2 Å². The average Bonchev–Trinajstić information content (AvgIpc) is 3.26. The topological polar surface area (TPSA) is 96.6 Å². The number of aliphatic imine (C=N–C) groups is 1. The van der Waals surface area contributed by atoms with Gasteiger partial charge in [0.25, 0.3) is 5.91 Å². The third kappa shape index (κ3) is 5.92. The number of carbonyl (C=O) groups is 1. The molecule has 2 aliphatic rings. The molecule has 0 bridgehead atoms. The minimum absolute atomic E-state index is 0.0368. The van der Waals surface area contributed by atoms with E-state index in [4.69, 9.17) is 19.6 Å². The molecule has 2 aromatic rings. The summed E-state index contributed by atoms with van der Waals surface area (Å²) in [5, 5.41) is 15.4. The normalized spacial score (nSPS) is 16.4. The Morgan fingerprint density at radius 2 is 1.59 bits per heavy atom. The minimum Gasteiger partial charge on any atom is -0.491 e. The van der Waals surface area contributed by atoms with Gasteiger partial charge in [0, 0.05) is 0 Å². The van der Waals surface area contributed by atoms with E-state index in [1.54, 1.807) is 6.08 Å². The predicted molar refractivity (Wildman–Crippen MR) is 135 cm³/mol. The van der Waals surface area contributed by atoms with Crippen LogP contribution in [0.25, 0.3) is 6.08 Å². The summed E-state index contributed by atoms with van der Waals surface area (Å²) in [6.45, 7) is 5.83. The van der Waals surface area contributed by atoms with Crippen LogP contribution < -0.4 is 9.47 Å². The molecule has 4 rings (SSSR count). The third-order valence-electron chi connectivity index (χ3n) is 5.00. The Labute approximate surface area is 202 Å². The van der Waals surface area contributed by atoms with Crippen molar-refractivity contribution >= 4 is 39.8 Å². The summed E-state index contributed by atoms with van der Waals surface area (Å²) < 4.78 is 16.9. The van der Waals surface area contributed by atoms with Gasteiger partial charge in [-0.05, 0) is 61.0 Å². The van der Waals surface area contributed by atoms with Gasteiger partial charge in [0.15, 0.2) is 5.84 Å². The summed E-state index contributed by atoms with van der Waals surface area (Å²) in [5.41, 5.74) is 2.18. The van der Waals surface area contributed by atoms with Gasteiger partial charge in [-0.2, -0.15) is 15.1 Å². The van der Waals surface area contributed by atoms with Crippen molar-refractivity contribution in [2.45, 2.75) is 20.3 Å². The Hall–Kier alpha value is -3.43. The fraction of sp³-hybridized carbons (Fsp3) is 0.280. The van der Waals surface area contributed by atoms with Crippen molar-refractivity contribution in [3.8, 4) is 11.5 Å². The van der Waals surface area contributed by atoms with Gasteiger partial charge < -0.3 is 14.2 Å². The van der Waals surface area contributed by atoms with E-state index < -0.39 is 5.91 Å². The number of aryl methyl sites for hydroxylation is 1. The monoisotopic (exact) mass is 478 g/mol. The lowest BCUT2D eigenvalue weighted by molar-refractivity contribution is -0.114. The summed E-state index contributed by atoms with van der Waals surface area (Å²) in [7, 11) is 0. The lowest BCUT2D eigenvalue weighted by atomic mass is 10.1. The summed E-state index contributed by atoms with van der Waals surface area (Å²) in [4.78, 5) is 16.5. The van der Waals surface area contributed by atoms with E-state index >= 15 is 0 Å². The first kappa shape index (κ1) is 23.7. The fourth-order valence-electron chi connectivity index (χ4n) is 3.17. The smallest absolute Gasteiger partial charge is 0.283 e. The first-order valence-electron chi connectivity index (χ1n) is 11.0. The first-order chi connectivity index (χ1) is 16.5. The molecule has 0 aromatic heterocycles. The van der Waals surface area contributed by atoms with Crippen LogP contribution >= 0.6 is 11.8 Å². The molecule has 1 amide bonds. The Morgan fingerprint density at radius 3 is 2.21 bits per heavy atom. The highest BCUT2D eigenvalue weighted by molar-refractivity contribution is 8.26. The maximum Gasteiger partial charge on any atom is 0.283 e. The molecule has 1 N–H and O–H groups in total. The second-order valence-corrected chi connectivity index (χ2v) is 8.60. The number of hydrogen-bond donors (Lipinski definition) is 1. The van der Waals surface area contributed by atoms with Gasteiger partial charge in [0.2, 0.25) is 5.17 Å². The highest BCUT2D eigenvalue weighted by atomic mass is 32.2. The standard InChI is InChI=1S/C25H26N4O4S/c1-3-22-28-29-23(26)21(24(30)27-25(29)34-22)16-18-6-10-20(11-7-18)33-15-13-31-12-14-32-19-8-4-17(2)5-9-19/h4-11,16,26H,3,12-15H2,1-2H3. The number of rotatable bonds is 10. The van der Waals surface area contributed by atoms with Crippen LogP contribution in [0.15, 0.2) is 64.2 Å². The number of benzene rings is 2. The first-order valence-corrected chi connectivity index (χ1v) is 11.8. The molecule has 0 saturated carbocycles. The Morgan fingerprint density at radius 1 is 0.971 bits per heavy atom. The molecule has 0 unspecified atom stereocenters. The van der Waals surface area contributed by atoms with Gasteiger partial charge in [-0.3, -0.25) is 10.2 Å². The number of amides is 1. The summed E-state index contributed by atoms with van der Waals surface area (Å²) in [5.74, 6) is 1.13. The van der Waals surface area contributed by atoms with Gasteiger partial charge >= 0.3 is 0 Å². The van der Waals surface area contributed by atoms with E-state index in [1.165, 1.54) is 22.3 Å². The maximum absolute atomic E-state index is 12.4. The number of carbonyl (C=O) groups excluding carboxylic acids is 1. The Bertz CT molecular complexity index is 1140. The quantitative estimate of drug-likeness (QED) is 0.399. The Kier molecular flexibility index (Phi) is 7.76. The van der Waals surface area contributed by atoms with Crippen LogP contribution in [-0.2, 0) is 9.53 Å². The number of amidine groups is 2. The van der Waals surface area contributed by atoms with Crippen LogP contribution in [0, 0.1) is 12.3 Å². The van der Waals surface area contributed by atoms with E-state index in [1.807, 2.05) is 62.4 Å². The van der Waals surface area contributed by atoms with E-state index in [0.29, 0.717) is 37.3 Å². The number of ether oxygens (including phenoxy) is 3. The van der Waals surface area contributed by atoms with Crippen LogP contribution in [0.1, 0.15) is 24.5 Å². The highest BCUT2D eigenvalue weighted by Crippen LogP contribution is 2.29. The molecule has 0 saturated heterocycles. The SMILES string of the molecule is CCC1=NN2C(=N)C(=Cc3ccc(OCCOCCOc4ccc(C)cc4)cc3)C(=O)N=C2S1. The second kappa shape index (κ2) is 11.1. The highest BCUT2D eigenvalue weighted by Gasteiger charge is 2.34. The molecular weight excluding hydrogens is 452 g/mol. The molecule has 2 aliphatic heterocycles. The van der Waals surface area contributed by atoms with E-state index in [0.717, 1.165) is 22.8 Å². The predicted octanol–water partition coefficient (Wildman–Crippen LogP) is 4.50. The van der Waals surface area contributed by atoms with Crippen LogP contribution in [-0.4, -0.2) is 53.4 Å². The van der Waals surface area contributed by atoms with E-state index in [-0.39, 0.29) is 11.4 Å². The van der Waals surface area contributed by atoms with Crippen molar-refractivity contribution in [2.75, 3.05) is 26.4 Å². The van der Waals surface area contributed by atoms with Gasteiger partial charge in [-0.15, -0.1) is 0 Å². The van der Waals surface area contributed by atoms with E-state index in [2.05, 4.69) is 10.1 Å². The lowest BCUT2D eigenvalue weighted by Crippen LogP contribution is -2.35. The molecule has 0 atom stereocenters. The molecule has 0 spiro atoms. The number of nitrogens with zero attached hydrogens (tertiary/aromatic N) is 3. The molecule has 34 heavy (non-hydrogen) atoms. The average molecular weight is 479 g/mol. The van der Waals surface area contributed by atoms with Crippen molar-refractivity contribution in [2.24, 2.45) is 10.1 Å². The zero-order valence-electron chi connectivity index (χ0n) is 19.1. The van der Waals surface area contributed by atoms with Crippen molar-refractivity contribution in [1.82, 2.24) is 5.01 Å². The molecular formula is C25H26N4O4S. The summed E-state index contributed by atoms with van der Waals surface area (Å²) in [6.07, 6.45) is 2.38. The van der Waals surface area contributed by atoms with Gasteiger partial charge in [-0.25, -0.2) is 0 Å². The zero-order valence-corrected chi connectivity index (χ0v) is 19.9.